The van der Waals surface area contributed by atoms with Gasteiger partial charge in [0.2, 0.25) is 21.9 Å². The van der Waals surface area contributed by atoms with Crippen LogP contribution >= 0.6 is 11.6 Å². The van der Waals surface area contributed by atoms with Gasteiger partial charge in [0.25, 0.3) is 0 Å². The smallest absolute Gasteiger partial charge is 0.246 e. The number of anilines is 1. The molecule has 0 saturated carbocycles. The van der Waals surface area contributed by atoms with Crippen LogP contribution in [0.3, 0.4) is 0 Å². The van der Waals surface area contributed by atoms with Gasteiger partial charge in [0.1, 0.15) is 10.0 Å². The Morgan fingerprint density at radius 2 is 1.68 bits per heavy atom. The highest BCUT2D eigenvalue weighted by molar-refractivity contribution is 7.89. The number of nitrogens with one attached hydrogen (secondary N) is 1. The Labute approximate surface area is 202 Å². The molecule has 5 rings (SSSR count). The van der Waals surface area contributed by atoms with E-state index >= 15 is 0 Å². The van der Waals surface area contributed by atoms with Gasteiger partial charge in [-0.1, -0.05) is 41.9 Å². The molecule has 1 N–H and O–H groups in total. The molecule has 1 saturated heterocycles. The third-order valence-corrected chi connectivity index (χ3v) is 8.32. The number of sulfonamides is 1. The van der Waals surface area contributed by atoms with Crippen molar-refractivity contribution in [2.75, 3.05) is 18.4 Å². The quantitative estimate of drug-likeness (QED) is 0.420. The van der Waals surface area contributed by atoms with Gasteiger partial charge in [0.05, 0.1) is 11.0 Å². The first-order valence-corrected chi connectivity index (χ1v) is 12.7. The fourth-order valence-corrected chi connectivity index (χ4v) is 6.12. The molecule has 1 aliphatic heterocycles. The largest absolute Gasteiger partial charge is 0.295 e. The number of imidazole rings is 1. The number of carbonyl (C=O) groups is 1. The second kappa shape index (κ2) is 9.17. The van der Waals surface area contributed by atoms with E-state index in [-0.39, 0.29) is 35.0 Å². The number of pyridine rings is 1. The molecular formula is C24H22ClN5O3S. The van der Waals surface area contributed by atoms with E-state index in [0.29, 0.717) is 18.8 Å². The Morgan fingerprint density at radius 3 is 2.41 bits per heavy atom. The molecule has 1 aliphatic rings. The van der Waals surface area contributed by atoms with E-state index < -0.39 is 10.0 Å². The van der Waals surface area contributed by atoms with Gasteiger partial charge in [-0.05, 0) is 49.2 Å². The summed E-state index contributed by atoms with van der Waals surface area (Å²) in [7, 11) is -3.77. The third-order valence-electron chi connectivity index (χ3n) is 5.98. The van der Waals surface area contributed by atoms with E-state index in [0.717, 1.165) is 16.7 Å². The predicted octanol–water partition coefficient (Wildman–Crippen LogP) is 4.11. The highest BCUT2D eigenvalue weighted by Gasteiger charge is 2.34. The van der Waals surface area contributed by atoms with Crippen molar-refractivity contribution in [1.29, 1.82) is 0 Å². The molecule has 2 aromatic heterocycles. The Kier molecular flexibility index (Phi) is 6.07. The van der Waals surface area contributed by atoms with Crippen molar-refractivity contribution in [3.8, 4) is 5.69 Å². The summed E-state index contributed by atoms with van der Waals surface area (Å²) in [6, 6.07) is 20.4. The van der Waals surface area contributed by atoms with E-state index in [2.05, 4.69) is 15.3 Å². The minimum absolute atomic E-state index is 0.0175. The maximum Gasteiger partial charge on any atom is 0.246 e. The lowest BCUT2D eigenvalue weighted by Gasteiger charge is -2.30. The van der Waals surface area contributed by atoms with Crippen LogP contribution < -0.4 is 5.32 Å². The zero-order valence-corrected chi connectivity index (χ0v) is 19.7. The number of nitrogens with zero attached hydrogens (tertiary/aromatic N) is 4. The number of amides is 1. The number of carbonyl (C=O) groups excluding carboxylic acids is 1. The molecule has 8 nitrogen and oxygen atoms in total. The summed E-state index contributed by atoms with van der Waals surface area (Å²) in [5.41, 5.74) is 2.55. The topological polar surface area (TPSA) is 97.2 Å². The Morgan fingerprint density at radius 1 is 0.971 bits per heavy atom. The number of halogens is 1. The number of hydrogen-bond acceptors (Lipinski definition) is 5. The molecule has 0 radical (unpaired) electrons. The summed E-state index contributed by atoms with van der Waals surface area (Å²) in [5, 5.41) is 2.92. The number of para-hydroxylation sites is 3. The zero-order valence-electron chi connectivity index (χ0n) is 18.1. The van der Waals surface area contributed by atoms with Crippen LogP contribution in [-0.2, 0) is 14.8 Å². The van der Waals surface area contributed by atoms with E-state index in [9.17, 15) is 13.2 Å². The molecule has 10 heteroatoms. The fourth-order valence-electron chi connectivity index (χ4n) is 4.22. The number of piperidine rings is 1. The molecule has 0 unspecified atom stereocenters. The average molecular weight is 496 g/mol. The molecular weight excluding hydrogens is 474 g/mol. The van der Waals surface area contributed by atoms with Crippen LogP contribution in [0.25, 0.3) is 16.7 Å². The molecule has 174 valence electrons. The molecule has 34 heavy (non-hydrogen) atoms. The van der Waals surface area contributed by atoms with Crippen molar-refractivity contribution < 1.29 is 13.2 Å². The molecule has 0 aliphatic carbocycles. The molecule has 0 spiro atoms. The first-order chi connectivity index (χ1) is 16.4. The monoisotopic (exact) mass is 495 g/mol. The first kappa shape index (κ1) is 22.5. The minimum Gasteiger partial charge on any atom is -0.295 e. The Hall–Kier alpha value is -3.27. The van der Waals surface area contributed by atoms with Gasteiger partial charge < -0.3 is 0 Å². The molecule has 0 atom stereocenters. The van der Waals surface area contributed by atoms with Crippen molar-refractivity contribution in [2.45, 2.75) is 17.7 Å². The number of hydrogen-bond donors (Lipinski definition) is 1. The van der Waals surface area contributed by atoms with Crippen LogP contribution in [0, 0.1) is 5.92 Å². The predicted molar refractivity (Wildman–Crippen MR) is 130 cm³/mol. The van der Waals surface area contributed by atoms with E-state index in [1.165, 1.54) is 22.6 Å². The SMILES string of the molecule is O=C(Nc1nc2ccccc2n1-c1ccccc1)C1CCN(S(=O)(=O)c2cccnc2Cl)CC1. The van der Waals surface area contributed by atoms with Crippen molar-refractivity contribution in [3.63, 3.8) is 0 Å². The number of benzene rings is 2. The third kappa shape index (κ3) is 4.18. The van der Waals surface area contributed by atoms with Gasteiger partial charge in [-0.15, -0.1) is 0 Å². The lowest BCUT2D eigenvalue weighted by molar-refractivity contribution is -0.121. The maximum atomic E-state index is 13.1. The van der Waals surface area contributed by atoms with Crippen molar-refractivity contribution in [2.24, 2.45) is 5.92 Å². The van der Waals surface area contributed by atoms with Crippen LogP contribution in [0.1, 0.15) is 12.8 Å². The fraction of sp³-hybridized carbons (Fsp3) is 0.208. The zero-order chi connectivity index (χ0) is 23.7. The maximum absolute atomic E-state index is 13.1. The summed E-state index contributed by atoms with van der Waals surface area (Å²) in [6.45, 7) is 0.446. The van der Waals surface area contributed by atoms with E-state index in [1.54, 1.807) is 0 Å². The number of fused-ring (bicyclic) bond motifs is 1. The molecule has 0 bridgehead atoms. The highest BCUT2D eigenvalue weighted by Crippen LogP contribution is 2.29. The Balaban J connectivity index is 1.34. The van der Waals surface area contributed by atoms with Crippen LogP contribution in [0.15, 0.2) is 77.8 Å². The Bertz CT molecular complexity index is 1450. The van der Waals surface area contributed by atoms with Crippen molar-refractivity contribution in [1.82, 2.24) is 18.8 Å². The van der Waals surface area contributed by atoms with Gasteiger partial charge in [-0.2, -0.15) is 4.31 Å². The van der Waals surface area contributed by atoms with Crippen LogP contribution in [-0.4, -0.2) is 46.3 Å². The van der Waals surface area contributed by atoms with Gasteiger partial charge >= 0.3 is 0 Å². The van der Waals surface area contributed by atoms with E-state index in [1.807, 2.05) is 59.2 Å². The second-order valence-electron chi connectivity index (χ2n) is 8.06. The second-order valence-corrected chi connectivity index (χ2v) is 10.3. The van der Waals surface area contributed by atoms with Crippen LogP contribution in [0.2, 0.25) is 5.15 Å². The van der Waals surface area contributed by atoms with Crippen molar-refractivity contribution in [3.05, 3.63) is 78.1 Å². The highest BCUT2D eigenvalue weighted by atomic mass is 35.5. The summed E-state index contributed by atoms with van der Waals surface area (Å²) in [5.74, 6) is -0.0709. The van der Waals surface area contributed by atoms with E-state index in [4.69, 9.17) is 11.6 Å². The summed E-state index contributed by atoms with van der Waals surface area (Å²) >= 11 is 6.01. The lowest BCUT2D eigenvalue weighted by atomic mass is 9.97. The number of rotatable bonds is 5. The summed E-state index contributed by atoms with van der Waals surface area (Å²) in [6.07, 6.45) is 2.24. The average Bonchev–Trinajstić information content (AvgIpc) is 3.22. The molecule has 4 aromatic rings. The molecule has 1 amide bonds. The van der Waals surface area contributed by atoms with Crippen LogP contribution in [0.5, 0.6) is 0 Å². The normalized spacial score (nSPS) is 15.4. The first-order valence-electron chi connectivity index (χ1n) is 10.9. The van der Waals surface area contributed by atoms with Crippen LogP contribution in [0.4, 0.5) is 5.95 Å². The minimum atomic E-state index is -3.77. The van der Waals surface area contributed by atoms with Gasteiger partial charge in [-0.3, -0.25) is 14.7 Å². The summed E-state index contributed by atoms with van der Waals surface area (Å²) in [4.78, 5) is 21.6. The number of aromatic nitrogens is 3. The molecule has 3 heterocycles. The van der Waals surface area contributed by atoms with Gasteiger partial charge in [0.15, 0.2) is 0 Å². The standard InChI is InChI=1S/C24H22ClN5O3S/c25-22-21(11-6-14-26-22)34(32,33)29-15-12-17(13-16-29)23(31)28-24-27-19-9-4-5-10-20(19)30(24)18-7-2-1-3-8-18/h1-11,14,17H,12-13,15-16H2,(H,27,28,31). The van der Waals surface area contributed by atoms with Gasteiger partial charge in [0, 0.05) is 30.9 Å². The summed E-state index contributed by atoms with van der Waals surface area (Å²) < 4.78 is 29.2. The van der Waals surface area contributed by atoms with Crippen molar-refractivity contribution >= 4 is 44.5 Å². The van der Waals surface area contributed by atoms with Gasteiger partial charge in [-0.25, -0.2) is 18.4 Å². The molecule has 2 aromatic carbocycles. The molecule has 1 fully saturated rings. The lowest BCUT2D eigenvalue weighted by Crippen LogP contribution is -2.41.